The Morgan fingerprint density at radius 2 is 2.19 bits per heavy atom. The first kappa shape index (κ1) is 9.42. The number of halogens is 1. The number of H-pyrrole nitrogens is 1. The van der Waals surface area contributed by atoms with E-state index in [-0.39, 0.29) is 0 Å². The van der Waals surface area contributed by atoms with Crippen LogP contribution in [-0.2, 0) is 0 Å². The number of aryl methyl sites for hydroxylation is 1. The summed E-state index contributed by atoms with van der Waals surface area (Å²) in [4.78, 5) is 4.17. The van der Waals surface area contributed by atoms with Gasteiger partial charge in [-0.1, -0.05) is 11.6 Å². The molecule has 1 N–H and O–H groups in total. The van der Waals surface area contributed by atoms with Gasteiger partial charge in [-0.2, -0.15) is 5.10 Å². The Labute approximate surface area is 96.9 Å². The molecule has 0 aliphatic rings. The van der Waals surface area contributed by atoms with Gasteiger partial charge in [0.2, 0.25) is 0 Å². The van der Waals surface area contributed by atoms with Gasteiger partial charge in [0.1, 0.15) is 10.8 Å². The highest BCUT2D eigenvalue weighted by atomic mass is 35.5. The van der Waals surface area contributed by atoms with Crippen molar-refractivity contribution in [2.45, 2.75) is 6.92 Å². The molecule has 0 fully saturated rings. The smallest absolute Gasteiger partial charge is 0.137 e. The second-order valence-electron chi connectivity index (χ2n) is 3.64. The molecular weight excluding hydrogens is 224 g/mol. The Morgan fingerprint density at radius 1 is 1.31 bits per heavy atom. The minimum absolute atomic E-state index is 0.609. The van der Waals surface area contributed by atoms with Crippen LogP contribution in [0.2, 0.25) is 5.15 Å². The molecule has 0 aliphatic heterocycles. The van der Waals surface area contributed by atoms with Gasteiger partial charge in [0, 0.05) is 23.0 Å². The fraction of sp³-hybridized carbons (Fsp3) is 0.0909. The summed E-state index contributed by atoms with van der Waals surface area (Å²) in [6.07, 6.45) is 5.41. The molecule has 0 atom stereocenters. The lowest BCUT2D eigenvalue weighted by Gasteiger charge is -2.01. The van der Waals surface area contributed by atoms with Crippen LogP contribution < -0.4 is 0 Å². The standard InChI is InChI=1S/C11H9ClN4/c1-7-9(4-14-15-7)8-2-3-11-13-5-10(12)16(11)6-8/h2-6H,1H3,(H,14,15). The third-order valence-electron chi connectivity index (χ3n) is 2.60. The Kier molecular flexibility index (Phi) is 1.97. The zero-order valence-corrected chi connectivity index (χ0v) is 9.36. The van der Waals surface area contributed by atoms with Crippen LogP contribution in [0.3, 0.4) is 0 Å². The van der Waals surface area contributed by atoms with E-state index in [2.05, 4.69) is 15.2 Å². The molecule has 0 spiro atoms. The maximum atomic E-state index is 6.02. The van der Waals surface area contributed by atoms with E-state index < -0.39 is 0 Å². The first-order chi connectivity index (χ1) is 7.75. The van der Waals surface area contributed by atoms with E-state index in [0.29, 0.717) is 5.15 Å². The SMILES string of the molecule is Cc1[nH]ncc1-c1ccc2ncc(Cl)n2c1. The molecule has 0 bridgehead atoms. The number of nitrogens with zero attached hydrogens (tertiary/aromatic N) is 3. The molecule has 0 amide bonds. The Balaban J connectivity index is 2.25. The summed E-state index contributed by atoms with van der Waals surface area (Å²) in [5.74, 6) is 0. The molecule has 0 radical (unpaired) electrons. The normalized spacial score (nSPS) is 11.1. The molecule has 5 heteroatoms. The Morgan fingerprint density at radius 3 is 2.94 bits per heavy atom. The van der Waals surface area contributed by atoms with Crippen molar-refractivity contribution in [3.05, 3.63) is 41.6 Å². The molecule has 3 rings (SSSR count). The van der Waals surface area contributed by atoms with Gasteiger partial charge in [0.15, 0.2) is 0 Å². The summed E-state index contributed by atoms with van der Waals surface area (Å²) in [5, 5.41) is 7.53. The summed E-state index contributed by atoms with van der Waals surface area (Å²) in [6.45, 7) is 1.99. The van der Waals surface area contributed by atoms with Gasteiger partial charge in [-0.05, 0) is 19.1 Å². The number of hydrogen-bond acceptors (Lipinski definition) is 2. The lowest BCUT2D eigenvalue weighted by molar-refractivity contribution is 1.05. The third kappa shape index (κ3) is 1.31. The Hall–Kier alpha value is -1.81. The molecule has 3 aromatic rings. The van der Waals surface area contributed by atoms with E-state index in [9.17, 15) is 0 Å². The van der Waals surface area contributed by atoms with Crippen molar-refractivity contribution < 1.29 is 0 Å². The van der Waals surface area contributed by atoms with Gasteiger partial charge in [-0.15, -0.1) is 0 Å². The van der Waals surface area contributed by atoms with E-state index in [0.717, 1.165) is 22.5 Å². The highest BCUT2D eigenvalue weighted by molar-refractivity contribution is 6.29. The predicted octanol–water partition coefficient (Wildman–Crippen LogP) is 2.69. The molecule has 0 saturated carbocycles. The number of aromatic nitrogens is 4. The zero-order valence-electron chi connectivity index (χ0n) is 8.61. The van der Waals surface area contributed by atoms with E-state index in [1.54, 1.807) is 12.4 Å². The van der Waals surface area contributed by atoms with Crippen LogP contribution in [-0.4, -0.2) is 19.6 Å². The van der Waals surface area contributed by atoms with Crippen molar-refractivity contribution in [1.82, 2.24) is 19.6 Å². The third-order valence-corrected chi connectivity index (χ3v) is 2.88. The fourth-order valence-electron chi connectivity index (χ4n) is 1.75. The number of rotatable bonds is 1. The summed E-state index contributed by atoms with van der Waals surface area (Å²) in [5.41, 5.74) is 4.02. The number of pyridine rings is 1. The van der Waals surface area contributed by atoms with Crippen LogP contribution in [0.5, 0.6) is 0 Å². The minimum atomic E-state index is 0.609. The van der Waals surface area contributed by atoms with Gasteiger partial charge in [0.25, 0.3) is 0 Å². The maximum Gasteiger partial charge on any atom is 0.137 e. The molecule has 3 aromatic heterocycles. The average Bonchev–Trinajstić information content (AvgIpc) is 2.86. The molecular formula is C11H9ClN4. The van der Waals surface area contributed by atoms with E-state index >= 15 is 0 Å². The van der Waals surface area contributed by atoms with Gasteiger partial charge in [0.05, 0.1) is 12.4 Å². The summed E-state index contributed by atoms with van der Waals surface area (Å²) in [6, 6.07) is 3.95. The molecule has 0 aromatic carbocycles. The van der Waals surface area contributed by atoms with Gasteiger partial charge >= 0.3 is 0 Å². The van der Waals surface area contributed by atoms with Crippen molar-refractivity contribution >= 4 is 17.2 Å². The molecule has 0 aliphatic carbocycles. The van der Waals surface area contributed by atoms with Crippen molar-refractivity contribution in [2.75, 3.05) is 0 Å². The highest BCUT2D eigenvalue weighted by Gasteiger charge is 2.06. The van der Waals surface area contributed by atoms with E-state index in [1.807, 2.05) is 29.7 Å². The van der Waals surface area contributed by atoms with Crippen LogP contribution in [0.1, 0.15) is 5.69 Å². The zero-order chi connectivity index (χ0) is 11.1. The lowest BCUT2D eigenvalue weighted by Crippen LogP contribution is -1.87. The number of hydrogen-bond donors (Lipinski definition) is 1. The summed E-state index contributed by atoms with van der Waals surface area (Å²) < 4.78 is 1.85. The van der Waals surface area contributed by atoms with E-state index in [1.165, 1.54) is 0 Å². The van der Waals surface area contributed by atoms with Crippen LogP contribution in [0.25, 0.3) is 16.8 Å². The van der Waals surface area contributed by atoms with Crippen molar-refractivity contribution in [1.29, 1.82) is 0 Å². The van der Waals surface area contributed by atoms with Crippen LogP contribution >= 0.6 is 11.6 Å². The Bertz CT molecular complexity index is 653. The monoisotopic (exact) mass is 232 g/mol. The predicted molar refractivity (Wildman–Crippen MR) is 62.5 cm³/mol. The molecule has 4 nitrogen and oxygen atoms in total. The second kappa shape index (κ2) is 3.35. The topological polar surface area (TPSA) is 46.0 Å². The molecule has 80 valence electrons. The van der Waals surface area contributed by atoms with Crippen molar-refractivity contribution in [3.8, 4) is 11.1 Å². The summed E-state index contributed by atoms with van der Waals surface area (Å²) in [7, 11) is 0. The largest absolute Gasteiger partial charge is 0.290 e. The first-order valence-corrected chi connectivity index (χ1v) is 5.26. The number of nitrogens with one attached hydrogen (secondary N) is 1. The van der Waals surface area contributed by atoms with Crippen LogP contribution in [0.4, 0.5) is 0 Å². The maximum absolute atomic E-state index is 6.02. The average molecular weight is 233 g/mol. The first-order valence-electron chi connectivity index (χ1n) is 4.88. The minimum Gasteiger partial charge on any atom is -0.290 e. The number of imidazole rings is 1. The molecule has 3 heterocycles. The lowest BCUT2D eigenvalue weighted by atomic mass is 10.1. The number of fused-ring (bicyclic) bond motifs is 1. The second-order valence-corrected chi connectivity index (χ2v) is 4.02. The van der Waals surface area contributed by atoms with Crippen molar-refractivity contribution in [2.24, 2.45) is 0 Å². The van der Waals surface area contributed by atoms with Crippen LogP contribution in [0.15, 0.2) is 30.7 Å². The number of aromatic amines is 1. The molecule has 0 saturated heterocycles. The molecule has 0 unspecified atom stereocenters. The van der Waals surface area contributed by atoms with Gasteiger partial charge in [-0.25, -0.2) is 4.98 Å². The van der Waals surface area contributed by atoms with E-state index in [4.69, 9.17) is 11.6 Å². The van der Waals surface area contributed by atoms with Crippen molar-refractivity contribution in [3.63, 3.8) is 0 Å². The highest BCUT2D eigenvalue weighted by Crippen LogP contribution is 2.23. The quantitative estimate of drug-likeness (QED) is 0.701. The fourth-order valence-corrected chi connectivity index (χ4v) is 1.94. The van der Waals surface area contributed by atoms with Gasteiger partial charge in [-0.3, -0.25) is 9.50 Å². The van der Waals surface area contributed by atoms with Crippen LogP contribution in [0, 0.1) is 6.92 Å². The molecule has 16 heavy (non-hydrogen) atoms. The summed E-state index contributed by atoms with van der Waals surface area (Å²) >= 11 is 6.02. The van der Waals surface area contributed by atoms with Gasteiger partial charge < -0.3 is 0 Å².